The predicted molar refractivity (Wildman–Crippen MR) is 115 cm³/mol. The van der Waals surface area contributed by atoms with E-state index in [-0.39, 0.29) is 18.1 Å². The molecule has 0 amide bonds. The molecule has 0 atom stereocenters. The van der Waals surface area contributed by atoms with Gasteiger partial charge in [0.15, 0.2) is 0 Å². The Bertz CT molecular complexity index is 754. The highest BCUT2D eigenvalue weighted by molar-refractivity contribution is 6.44. The average molecular weight is 385 g/mol. The largest absolute Gasteiger partial charge is 0.501 e. The molecule has 0 saturated heterocycles. The number of nitrogens with one attached hydrogen (secondary N) is 1. The molecule has 0 radical (unpaired) electrons. The number of hydrogen-bond acceptors (Lipinski definition) is 8. The SMILES string of the molecule is C=CC(=O)/C(COc1ccc(N=C)c(/C=C/OCC)c1)=N\NC/C=N\N(C)C. The Labute approximate surface area is 165 Å². The van der Waals surface area contributed by atoms with Gasteiger partial charge in [-0.2, -0.15) is 10.2 Å². The van der Waals surface area contributed by atoms with Gasteiger partial charge in [-0.15, -0.1) is 0 Å². The number of benzene rings is 1. The van der Waals surface area contributed by atoms with Gasteiger partial charge >= 0.3 is 0 Å². The molecule has 1 rings (SSSR count). The normalized spacial score (nSPS) is 11.5. The highest BCUT2D eigenvalue weighted by atomic mass is 16.5. The zero-order chi connectivity index (χ0) is 20.8. The summed E-state index contributed by atoms with van der Waals surface area (Å²) in [6.07, 6.45) is 6.19. The number of hydrogen-bond donors (Lipinski definition) is 1. The van der Waals surface area contributed by atoms with E-state index >= 15 is 0 Å². The first-order valence-corrected chi connectivity index (χ1v) is 8.69. The molecule has 8 heteroatoms. The summed E-state index contributed by atoms with van der Waals surface area (Å²) >= 11 is 0. The summed E-state index contributed by atoms with van der Waals surface area (Å²) in [6.45, 7) is 9.87. The van der Waals surface area contributed by atoms with E-state index < -0.39 is 0 Å². The van der Waals surface area contributed by atoms with Gasteiger partial charge in [0.05, 0.1) is 25.1 Å². The van der Waals surface area contributed by atoms with E-state index in [0.29, 0.717) is 24.6 Å². The molecule has 0 aliphatic heterocycles. The van der Waals surface area contributed by atoms with Gasteiger partial charge in [-0.25, -0.2) is 0 Å². The molecule has 1 aromatic rings. The van der Waals surface area contributed by atoms with Crippen molar-refractivity contribution in [2.75, 3.05) is 33.9 Å². The molecule has 0 spiro atoms. The molecule has 0 heterocycles. The van der Waals surface area contributed by atoms with Gasteiger partial charge in [0, 0.05) is 25.9 Å². The van der Waals surface area contributed by atoms with Crippen LogP contribution < -0.4 is 10.2 Å². The standard InChI is InChI=1S/C20H27N5O3/c1-6-20(26)19(24-22-11-12-23-25(4)5)15-28-17-8-9-18(21-3)16(14-17)10-13-27-7-2/h6,8-10,12-14,22H,1,3,7,11,15H2,2,4-5H3/b13-10+,23-12-,24-19-. The van der Waals surface area contributed by atoms with Gasteiger partial charge in [0.1, 0.15) is 18.1 Å². The van der Waals surface area contributed by atoms with E-state index in [1.165, 1.54) is 6.08 Å². The fourth-order valence-corrected chi connectivity index (χ4v) is 1.93. The van der Waals surface area contributed by atoms with Gasteiger partial charge in [-0.1, -0.05) is 6.58 Å². The Morgan fingerprint density at radius 3 is 2.79 bits per heavy atom. The van der Waals surface area contributed by atoms with Crippen molar-refractivity contribution >= 4 is 36.2 Å². The topological polar surface area (TPSA) is 87.9 Å². The summed E-state index contributed by atoms with van der Waals surface area (Å²) in [5.41, 5.74) is 4.45. The number of ketones is 1. The van der Waals surface area contributed by atoms with Crippen molar-refractivity contribution in [1.82, 2.24) is 10.4 Å². The number of nitrogens with zero attached hydrogens (tertiary/aromatic N) is 4. The lowest BCUT2D eigenvalue weighted by atomic mass is 10.1. The van der Waals surface area contributed by atoms with Crippen molar-refractivity contribution in [2.24, 2.45) is 15.2 Å². The number of aliphatic imine (C=N–C) groups is 1. The first-order chi connectivity index (χ1) is 13.5. The van der Waals surface area contributed by atoms with Crippen LogP contribution in [-0.2, 0) is 9.53 Å². The van der Waals surface area contributed by atoms with Crippen LogP contribution in [0.2, 0.25) is 0 Å². The number of carbonyl (C=O) groups excluding carboxylic acids is 1. The van der Waals surface area contributed by atoms with Crippen molar-refractivity contribution in [2.45, 2.75) is 6.92 Å². The summed E-state index contributed by atoms with van der Waals surface area (Å²) in [7, 11) is 3.62. The maximum absolute atomic E-state index is 12.0. The minimum absolute atomic E-state index is 0.0157. The zero-order valence-electron chi connectivity index (χ0n) is 16.6. The van der Waals surface area contributed by atoms with Gasteiger partial charge in [-0.05, 0) is 44.0 Å². The van der Waals surface area contributed by atoms with Crippen LogP contribution in [-0.4, -0.2) is 63.3 Å². The fraction of sp³-hybridized carbons (Fsp3) is 0.300. The molecule has 0 fully saturated rings. The van der Waals surface area contributed by atoms with Gasteiger partial charge in [0.25, 0.3) is 0 Å². The number of rotatable bonds is 13. The molecule has 0 aliphatic rings. The summed E-state index contributed by atoms with van der Waals surface area (Å²) in [4.78, 5) is 16.0. The van der Waals surface area contributed by atoms with Crippen molar-refractivity contribution in [3.63, 3.8) is 0 Å². The Balaban J connectivity index is 2.83. The molecule has 8 nitrogen and oxygen atoms in total. The van der Waals surface area contributed by atoms with Crippen LogP contribution in [0.5, 0.6) is 5.75 Å². The molecule has 28 heavy (non-hydrogen) atoms. The summed E-state index contributed by atoms with van der Waals surface area (Å²) < 4.78 is 10.9. The Morgan fingerprint density at radius 1 is 1.36 bits per heavy atom. The molecular weight excluding hydrogens is 358 g/mol. The fourth-order valence-electron chi connectivity index (χ4n) is 1.93. The lowest BCUT2D eigenvalue weighted by Crippen LogP contribution is -2.24. The second-order valence-corrected chi connectivity index (χ2v) is 5.56. The molecule has 150 valence electrons. The minimum atomic E-state index is -0.321. The van der Waals surface area contributed by atoms with E-state index in [0.717, 1.165) is 5.56 Å². The van der Waals surface area contributed by atoms with Crippen molar-refractivity contribution in [3.05, 3.63) is 42.7 Å². The van der Waals surface area contributed by atoms with E-state index in [1.54, 1.807) is 41.8 Å². The van der Waals surface area contributed by atoms with Crippen LogP contribution in [0.15, 0.2) is 52.3 Å². The molecule has 0 aliphatic carbocycles. The summed E-state index contributed by atoms with van der Waals surface area (Å²) in [5, 5.41) is 9.77. The van der Waals surface area contributed by atoms with Crippen LogP contribution in [0.4, 0.5) is 5.69 Å². The Kier molecular flexibility index (Phi) is 10.4. The Hall–Kier alpha value is -3.42. The molecule has 1 aromatic carbocycles. The van der Waals surface area contributed by atoms with Gasteiger partial charge in [-0.3, -0.25) is 9.79 Å². The van der Waals surface area contributed by atoms with Crippen LogP contribution in [0.25, 0.3) is 6.08 Å². The number of allylic oxidation sites excluding steroid dienone is 1. The second kappa shape index (κ2) is 12.9. The highest BCUT2D eigenvalue weighted by Crippen LogP contribution is 2.25. The van der Waals surface area contributed by atoms with Crippen LogP contribution >= 0.6 is 0 Å². The van der Waals surface area contributed by atoms with Crippen molar-refractivity contribution in [1.29, 1.82) is 0 Å². The van der Waals surface area contributed by atoms with Crippen LogP contribution in [0.1, 0.15) is 12.5 Å². The van der Waals surface area contributed by atoms with Crippen molar-refractivity contribution < 1.29 is 14.3 Å². The third kappa shape index (κ3) is 8.31. The van der Waals surface area contributed by atoms with Crippen molar-refractivity contribution in [3.8, 4) is 5.75 Å². The zero-order valence-corrected chi connectivity index (χ0v) is 16.6. The first-order valence-electron chi connectivity index (χ1n) is 8.69. The number of carbonyl (C=O) groups is 1. The summed E-state index contributed by atoms with van der Waals surface area (Å²) in [5.74, 6) is 0.236. The third-order valence-corrected chi connectivity index (χ3v) is 3.23. The maximum atomic E-state index is 12.0. The van der Waals surface area contributed by atoms with Crippen LogP contribution in [0, 0.1) is 0 Å². The Morgan fingerprint density at radius 2 is 2.14 bits per heavy atom. The highest BCUT2D eigenvalue weighted by Gasteiger charge is 2.10. The molecule has 0 bridgehead atoms. The number of hydrazone groups is 2. The number of ether oxygens (including phenoxy) is 2. The first kappa shape index (κ1) is 22.6. The average Bonchev–Trinajstić information content (AvgIpc) is 2.69. The van der Waals surface area contributed by atoms with E-state index in [9.17, 15) is 4.79 Å². The third-order valence-electron chi connectivity index (χ3n) is 3.23. The van der Waals surface area contributed by atoms with Gasteiger partial charge in [0.2, 0.25) is 5.78 Å². The second-order valence-electron chi connectivity index (χ2n) is 5.56. The molecule has 0 aromatic heterocycles. The van der Waals surface area contributed by atoms with Crippen LogP contribution in [0.3, 0.4) is 0 Å². The minimum Gasteiger partial charge on any atom is -0.501 e. The predicted octanol–water partition coefficient (Wildman–Crippen LogP) is 2.65. The van der Waals surface area contributed by atoms with E-state index in [2.05, 4.69) is 33.9 Å². The lowest BCUT2D eigenvalue weighted by Gasteiger charge is -2.09. The molecule has 0 saturated carbocycles. The molecule has 0 unspecified atom stereocenters. The smallest absolute Gasteiger partial charge is 0.204 e. The van der Waals surface area contributed by atoms with Gasteiger partial charge < -0.3 is 19.9 Å². The maximum Gasteiger partial charge on any atom is 0.204 e. The molecule has 1 N–H and O–H groups in total. The van der Waals surface area contributed by atoms with E-state index in [1.807, 2.05) is 21.0 Å². The monoisotopic (exact) mass is 385 g/mol. The summed E-state index contributed by atoms with van der Waals surface area (Å²) in [6, 6.07) is 5.30. The lowest BCUT2D eigenvalue weighted by molar-refractivity contribution is -0.109. The van der Waals surface area contributed by atoms with E-state index in [4.69, 9.17) is 9.47 Å². The quantitative estimate of drug-likeness (QED) is 0.185. The molecular formula is C20H27N5O3.